The molecule has 4 rings (SSSR count). The summed E-state index contributed by atoms with van der Waals surface area (Å²) < 4.78 is 6.80. The van der Waals surface area contributed by atoms with Crippen LogP contribution < -0.4 is 20.7 Å². The molecule has 0 aromatic carbocycles. The Kier molecular flexibility index (Phi) is 6.45. The molecule has 34 heavy (non-hydrogen) atoms. The lowest BCUT2D eigenvalue weighted by atomic mass is 9.99. The fourth-order valence-corrected chi connectivity index (χ4v) is 3.81. The van der Waals surface area contributed by atoms with Gasteiger partial charge >= 0.3 is 0 Å². The van der Waals surface area contributed by atoms with Crippen molar-refractivity contribution < 1.29 is 9.53 Å². The van der Waals surface area contributed by atoms with Gasteiger partial charge in [-0.1, -0.05) is 6.07 Å². The van der Waals surface area contributed by atoms with Gasteiger partial charge in [0.2, 0.25) is 11.8 Å². The van der Waals surface area contributed by atoms with Crippen molar-refractivity contribution in [1.29, 1.82) is 5.26 Å². The summed E-state index contributed by atoms with van der Waals surface area (Å²) in [5.74, 6) is 0.0924. The Morgan fingerprint density at radius 3 is 2.68 bits per heavy atom. The van der Waals surface area contributed by atoms with Crippen molar-refractivity contribution in [3.63, 3.8) is 0 Å². The molecule has 1 saturated heterocycles. The minimum Gasteiger partial charge on any atom is -0.481 e. The van der Waals surface area contributed by atoms with Crippen LogP contribution in [0.2, 0.25) is 0 Å². The Morgan fingerprint density at radius 2 is 2.09 bits per heavy atom. The van der Waals surface area contributed by atoms with E-state index in [1.165, 1.54) is 6.20 Å². The molecule has 0 radical (unpaired) electrons. The van der Waals surface area contributed by atoms with Crippen LogP contribution in [0.25, 0.3) is 16.7 Å². The SMILES string of the molecule is COc1ccc(C(C)C(=O)NC2CN(c3cc(-c4cnn(C)c4)cnc3C(C#N)=CN)C2)cn1. The number of anilines is 1. The predicted octanol–water partition coefficient (Wildman–Crippen LogP) is 1.82. The summed E-state index contributed by atoms with van der Waals surface area (Å²) in [6.07, 6.45) is 8.29. The Bertz CT molecular complexity index is 1250. The zero-order chi connectivity index (χ0) is 24.2. The van der Waals surface area contributed by atoms with Crippen molar-refractivity contribution in [3.05, 3.63) is 60.4 Å². The molecule has 1 aliphatic rings. The maximum Gasteiger partial charge on any atom is 0.227 e. The second-order valence-electron chi connectivity index (χ2n) is 8.15. The molecule has 10 heteroatoms. The molecule has 1 atom stereocenters. The fourth-order valence-electron chi connectivity index (χ4n) is 3.81. The van der Waals surface area contributed by atoms with Gasteiger partial charge in [-0.3, -0.25) is 14.5 Å². The van der Waals surface area contributed by atoms with E-state index in [1.807, 2.05) is 32.3 Å². The van der Waals surface area contributed by atoms with Crippen LogP contribution in [-0.2, 0) is 11.8 Å². The summed E-state index contributed by atoms with van der Waals surface area (Å²) in [5, 5.41) is 16.8. The maximum atomic E-state index is 12.8. The number of carbonyl (C=O) groups excluding carboxylic acids is 1. The molecule has 174 valence electrons. The van der Waals surface area contributed by atoms with E-state index in [9.17, 15) is 10.1 Å². The standard InChI is InChI=1S/C24H26N8O2/c1-15(16-4-5-22(34-3)27-9-16)24(33)30-20-13-32(14-20)21-6-17(19-11-29-31(2)12-19)10-28-23(21)18(7-25)8-26/h4-7,9-12,15,20H,13-14,25H2,1-3H3,(H,30,33). The first-order valence-electron chi connectivity index (χ1n) is 10.8. The van der Waals surface area contributed by atoms with Crippen molar-refractivity contribution in [1.82, 2.24) is 25.1 Å². The zero-order valence-electron chi connectivity index (χ0n) is 19.3. The number of methoxy groups -OCH3 is 1. The highest BCUT2D eigenvalue weighted by Gasteiger charge is 2.32. The van der Waals surface area contributed by atoms with E-state index >= 15 is 0 Å². The highest BCUT2D eigenvalue weighted by atomic mass is 16.5. The maximum absolute atomic E-state index is 12.8. The Morgan fingerprint density at radius 1 is 1.29 bits per heavy atom. The summed E-state index contributed by atoms with van der Waals surface area (Å²) in [6, 6.07) is 7.64. The monoisotopic (exact) mass is 458 g/mol. The van der Waals surface area contributed by atoms with E-state index in [4.69, 9.17) is 10.5 Å². The molecule has 4 heterocycles. The normalized spacial score (nSPS) is 14.8. The lowest BCUT2D eigenvalue weighted by molar-refractivity contribution is -0.123. The van der Waals surface area contributed by atoms with Crippen LogP contribution in [0, 0.1) is 11.3 Å². The molecule has 1 aliphatic heterocycles. The van der Waals surface area contributed by atoms with E-state index in [0.29, 0.717) is 30.2 Å². The average Bonchev–Trinajstić information content (AvgIpc) is 3.28. The van der Waals surface area contributed by atoms with Gasteiger partial charge in [0.1, 0.15) is 11.8 Å². The van der Waals surface area contributed by atoms with Crippen molar-refractivity contribution in [2.75, 3.05) is 25.1 Å². The van der Waals surface area contributed by atoms with Crippen LogP contribution in [0.4, 0.5) is 5.69 Å². The van der Waals surface area contributed by atoms with E-state index < -0.39 is 0 Å². The number of hydrogen-bond donors (Lipinski definition) is 2. The van der Waals surface area contributed by atoms with Crippen LogP contribution in [0.5, 0.6) is 5.88 Å². The molecule has 1 amide bonds. The number of ether oxygens (including phenoxy) is 1. The van der Waals surface area contributed by atoms with Crippen LogP contribution in [0.15, 0.2) is 49.2 Å². The zero-order valence-corrected chi connectivity index (χ0v) is 19.3. The van der Waals surface area contributed by atoms with Crippen molar-refractivity contribution in [3.8, 4) is 23.1 Å². The van der Waals surface area contributed by atoms with E-state index in [0.717, 1.165) is 22.4 Å². The number of nitrogens with one attached hydrogen (secondary N) is 1. The van der Waals surface area contributed by atoms with Gasteiger partial charge in [0.25, 0.3) is 0 Å². The first-order chi connectivity index (χ1) is 16.4. The predicted molar refractivity (Wildman–Crippen MR) is 128 cm³/mol. The van der Waals surface area contributed by atoms with Gasteiger partial charge in [0.15, 0.2) is 0 Å². The first-order valence-corrected chi connectivity index (χ1v) is 10.8. The second-order valence-corrected chi connectivity index (χ2v) is 8.15. The lowest BCUT2D eigenvalue weighted by Gasteiger charge is -2.42. The van der Waals surface area contributed by atoms with Gasteiger partial charge in [0, 0.05) is 62.1 Å². The van der Waals surface area contributed by atoms with Gasteiger partial charge in [-0.2, -0.15) is 10.4 Å². The van der Waals surface area contributed by atoms with E-state index in [-0.39, 0.29) is 17.9 Å². The number of rotatable bonds is 7. The minimum atomic E-state index is -0.344. The number of nitrogens with zero attached hydrogens (tertiary/aromatic N) is 6. The van der Waals surface area contributed by atoms with Gasteiger partial charge in [-0.05, 0) is 18.6 Å². The van der Waals surface area contributed by atoms with Gasteiger partial charge in [0.05, 0.1) is 36.5 Å². The number of nitriles is 1. The lowest BCUT2D eigenvalue weighted by Crippen LogP contribution is -2.60. The van der Waals surface area contributed by atoms with Gasteiger partial charge in [-0.25, -0.2) is 4.98 Å². The van der Waals surface area contributed by atoms with Crippen LogP contribution >= 0.6 is 0 Å². The van der Waals surface area contributed by atoms with Crippen molar-refractivity contribution >= 4 is 17.2 Å². The first kappa shape index (κ1) is 22.8. The van der Waals surface area contributed by atoms with E-state index in [1.54, 1.807) is 36.4 Å². The molecule has 0 spiro atoms. The number of allylic oxidation sites excluding steroid dienone is 1. The topological polar surface area (TPSA) is 135 Å². The summed E-state index contributed by atoms with van der Waals surface area (Å²) in [6.45, 7) is 3.03. The average molecular weight is 459 g/mol. The molecular formula is C24H26N8O2. The summed E-state index contributed by atoms with van der Waals surface area (Å²) in [7, 11) is 3.40. The third-order valence-electron chi connectivity index (χ3n) is 5.88. The summed E-state index contributed by atoms with van der Waals surface area (Å²) >= 11 is 0. The molecule has 3 aromatic rings. The molecule has 1 fully saturated rings. The molecule has 3 N–H and O–H groups in total. The Hall–Kier alpha value is -4.39. The molecule has 1 unspecified atom stereocenters. The third-order valence-corrected chi connectivity index (χ3v) is 5.88. The minimum absolute atomic E-state index is 0.0246. The molecule has 0 saturated carbocycles. The summed E-state index contributed by atoms with van der Waals surface area (Å²) in [4.78, 5) is 23.6. The smallest absolute Gasteiger partial charge is 0.227 e. The number of aryl methyl sites for hydroxylation is 1. The number of aromatic nitrogens is 4. The third kappa shape index (κ3) is 4.54. The van der Waals surface area contributed by atoms with Crippen LogP contribution in [-0.4, -0.2) is 51.9 Å². The highest BCUT2D eigenvalue weighted by Crippen LogP contribution is 2.32. The van der Waals surface area contributed by atoms with Crippen molar-refractivity contribution in [2.45, 2.75) is 18.9 Å². The van der Waals surface area contributed by atoms with Crippen molar-refractivity contribution in [2.24, 2.45) is 12.8 Å². The summed E-state index contributed by atoms with van der Waals surface area (Å²) in [5.41, 5.74) is 9.89. The number of carbonyl (C=O) groups is 1. The number of pyridine rings is 2. The van der Waals surface area contributed by atoms with Crippen LogP contribution in [0.1, 0.15) is 24.1 Å². The largest absolute Gasteiger partial charge is 0.481 e. The molecule has 0 aliphatic carbocycles. The Balaban J connectivity index is 1.48. The molecule has 3 aromatic heterocycles. The highest BCUT2D eigenvalue weighted by molar-refractivity contribution is 5.86. The number of amides is 1. The molecule has 10 nitrogen and oxygen atoms in total. The number of nitrogens with two attached hydrogens (primary N) is 1. The van der Waals surface area contributed by atoms with Gasteiger partial charge < -0.3 is 20.7 Å². The molecule has 0 bridgehead atoms. The molecular weight excluding hydrogens is 432 g/mol. The van der Waals surface area contributed by atoms with E-state index in [2.05, 4.69) is 31.4 Å². The quantitative estimate of drug-likeness (QED) is 0.512. The second kappa shape index (κ2) is 9.62. The Labute approximate surface area is 197 Å². The van der Waals surface area contributed by atoms with Gasteiger partial charge in [-0.15, -0.1) is 0 Å². The fraction of sp³-hybridized carbons (Fsp3) is 0.292. The van der Waals surface area contributed by atoms with Crippen LogP contribution in [0.3, 0.4) is 0 Å². The number of hydrogen-bond acceptors (Lipinski definition) is 8.